The first-order valence-electron chi connectivity index (χ1n) is 7.68. The third kappa shape index (κ3) is 2.62. The van der Waals surface area contributed by atoms with Gasteiger partial charge in [-0.05, 0) is 24.5 Å². The maximum atomic E-state index is 12.4. The highest BCUT2D eigenvalue weighted by Crippen LogP contribution is 2.31. The quantitative estimate of drug-likeness (QED) is 0.842. The third-order valence-electron chi connectivity index (χ3n) is 4.60. The lowest BCUT2D eigenvalue weighted by atomic mass is 9.98. The minimum absolute atomic E-state index is 0.153. The molecule has 0 aromatic heterocycles. The number of hydrogen-bond acceptors (Lipinski definition) is 2. The van der Waals surface area contributed by atoms with Gasteiger partial charge in [0, 0.05) is 24.9 Å². The average molecular weight is 271 g/mol. The Labute approximate surface area is 120 Å². The van der Waals surface area contributed by atoms with Gasteiger partial charge in [0.1, 0.15) is 0 Å². The van der Waals surface area contributed by atoms with E-state index in [0.717, 1.165) is 18.0 Å². The van der Waals surface area contributed by atoms with E-state index in [0.29, 0.717) is 24.9 Å². The van der Waals surface area contributed by atoms with E-state index in [4.69, 9.17) is 0 Å². The van der Waals surface area contributed by atoms with Crippen LogP contribution >= 0.6 is 0 Å². The zero-order chi connectivity index (χ0) is 13.9. The molecule has 20 heavy (non-hydrogen) atoms. The number of Topliss-reactive ketones (excluding diaryl/α,β-unsaturated/α-hetero) is 1. The molecular formula is C17H21NO2. The molecular weight excluding hydrogens is 250 g/mol. The SMILES string of the molecule is O=C1CCN(C(=O)CCC2CCCC2)c2ccccc21. The van der Waals surface area contributed by atoms with Gasteiger partial charge in [0.2, 0.25) is 5.91 Å². The highest BCUT2D eigenvalue weighted by molar-refractivity contribution is 6.08. The molecule has 3 heteroatoms. The molecule has 1 aromatic carbocycles. The number of ketones is 1. The molecule has 1 amide bonds. The van der Waals surface area contributed by atoms with Crippen LogP contribution in [-0.2, 0) is 4.79 Å². The van der Waals surface area contributed by atoms with Crippen molar-refractivity contribution in [3.05, 3.63) is 29.8 Å². The van der Waals surface area contributed by atoms with Gasteiger partial charge in [0.15, 0.2) is 5.78 Å². The van der Waals surface area contributed by atoms with E-state index in [1.807, 2.05) is 29.2 Å². The molecule has 0 spiro atoms. The van der Waals surface area contributed by atoms with Crippen molar-refractivity contribution in [2.75, 3.05) is 11.4 Å². The molecule has 1 saturated carbocycles. The van der Waals surface area contributed by atoms with Gasteiger partial charge in [-0.2, -0.15) is 0 Å². The summed E-state index contributed by atoms with van der Waals surface area (Å²) in [5.74, 6) is 1.07. The van der Waals surface area contributed by atoms with Gasteiger partial charge in [-0.25, -0.2) is 0 Å². The number of fused-ring (bicyclic) bond motifs is 1. The smallest absolute Gasteiger partial charge is 0.227 e. The van der Waals surface area contributed by atoms with Crippen LogP contribution in [0.15, 0.2) is 24.3 Å². The van der Waals surface area contributed by atoms with Crippen LogP contribution in [0.2, 0.25) is 0 Å². The van der Waals surface area contributed by atoms with Crippen molar-refractivity contribution in [3.8, 4) is 0 Å². The molecule has 106 valence electrons. The summed E-state index contributed by atoms with van der Waals surface area (Å²) in [6.07, 6.45) is 7.27. The van der Waals surface area contributed by atoms with Crippen LogP contribution in [0, 0.1) is 5.92 Å². The summed E-state index contributed by atoms with van der Waals surface area (Å²) in [5, 5.41) is 0. The number of hydrogen-bond donors (Lipinski definition) is 0. The molecule has 0 radical (unpaired) electrons. The van der Waals surface area contributed by atoms with Crippen LogP contribution in [-0.4, -0.2) is 18.2 Å². The highest BCUT2D eigenvalue weighted by atomic mass is 16.2. The van der Waals surface area contributed by atoms with E-state index in [1.165, 1.54) is 25.7 Å². The summed E-state index contributed by atoms with van der Waals surface area (Å²) >= 11 is 0. The van der Waals surface area contributed by atoms with Crippen LogP contribution in [0.3, 0.4) is 0 Å². The number of para-hydroxylation sites is 1. The van der Waals surface area contributed by atoms with Crippen LogP contribution in [0.4, 0.5) is 5.69 Å². The van der Waals surface area contributed by atoms with Crippen molar-refractivity contribution in [2.45, 2.75) is 44.9 Å². The van der Waals surface area contributed by atoms with Gasteiger partial charge in [-0.15, -0.1) is 0 Å². The van der Waals surface area contributed by atoms with Gasteiger partial charge in [-0.3, -0.25) is 9.59 Å². The second-order valence-corrected chi connectivity index (χ2v) is 5.92. The van der Waals surface area contributed by atoms with Crippen molar-refractivity contribution in [3.63, 3.8) is 0 Å². The third-order valence-corrected chi connectivity index (χ3v) is 4.60. The summed E-state index contributed by atoms with van der Waals surface area (Å²) in [6, 6.07) is 7.48. The zero-order valence-corrected chi connectivity index (χ0v) is 11.8. The maximum Gasteiger partial charge on any atom is 0.227 e. The number of benzene rings is 1. The molecule has 1 aliphatic heterocycles. The number of rotatable bonds is 3. The first kappa shape index (κ1) is 13.3. The molecule has 0 bridgehead atoms. The van der Waals surface area contributed by atoms with Gasteiger partial charge in [0.25, 0.3) is 0 Å². The van der Waals surface area contributed by atoms with Crippen molar-refractivity contribution >= 4 is 17.4 Å². The molecule has 1 aliphatic carbocycles. The molecule has 3 nitrogen and oxygen atoms in total. The predicted molar refractivity (Wildman–Crippen MR) is 78.9 cm³/mol. The summed E-state index contributed by atoms with van der Waals surface area (Å²) in [4.78, 5) is 26.1. The Hall–Kier alpha value is -1.64. The Morgan fingerprint density at radius 1 is 1.20 bits per heavy atom. The van der Waals surface area contributed by atoms with Crippen molar-refractivity contribution in [1.82, 2.24) is 0 Å². The summed E-state index contributed by atoms with van der Waals surface area (Å²) in [7, 11) is 0. The Balaban J connectivity index is 1.69. The van der Waals surface area contributed by atoms with Crippen molar-refractivity contribution in [2.24, 2.45) is 5.92 Å². The van der Waals surface area contributed by atoms with Crippen molar-refractivity contribution < 1.29 is 9.59 Å². The van der Waals surface area contributed by atoms with Crippen LogP contribution in [0.25, 0.3) is 0 Å². The number of carbonyl (C=O) groups is 2. The molecule has 1 aromatic rings. The minimum atomic E-state index is 0.153. The van der Waals surface area contributed by atoms with E-state index in [2.05, 4.69) is 0 Å². The van der Waals surface area contributed by atoms with Gasteiger partial charge in [0.05, 0.1) is 5.69 Å². The Morgan fingerprint density at radius 2 is 1.95 bits per heavy atom. The summed E-state index contributed by atoms with van der Waals surface area (Å²) < 4.78 is 0. The predicted octanol–water partition coefficient (Wildman–Crippen LogP) is 3.58. The lowest BCUT2D eigenvalue weighted by Gasteiger charge is -2.29. The van der Waals surface area contributed by atoms with E-state index in [9.17, 15) is 9.59 Å². The number of nitrogens with zero attached hydrogens (tertiary/aromatic N) is 1. The lowest BCUT2D eigenvalue weighted by molar-refractivity contribution is -0.118. The molecule has 1 fully saturated rings. The number of amides is 1. The largest absolute Gasteiger partial charge is 0.311 e. The van der Waals surface area contributed by atoms with E-state index >= 15 is 0 Å². The van der Waals surface area contributed by atoms with E-state index in [-0.39, 0.29) is 11.7 Å². The zero-order valence-electron chi connectivity index (χ0n) is 11.8. The van der Waals surface area contributed by atoms with Crippen LogP contribution < -0.4 is 4.90 Å². The summed E-state index contributed by atoms with van der Waals surface area (Å²) in [5.41, 5.74) is 1.51. The second-order valence-electron chi connectivity index (χ2n) is 5.92. The molecule has 3 rings (SSSR count). The normalized spacial score (nSPS) is 19.2. The minimum Gasteiger partial charge on any atom is -0.311 e. The Bertz CT molecular complexity index is 517. The Morgan fingerprint density at radius 3 is 2.75 bits per heavy atom. The van der Waals surface area contributed by atoms with E-state index in [1.54, 1.807) is 0 Å². The fourth-order valence-corrected chi connectivity index (χ4v) is 3.43. The molecule has 0 unspecified atom stereocenters. The van der Waals surface area contributed by atoms with Gasteiger partial charge >= 0.3 is 0 Å². The van der Waals surface area contributed by atoms with E-state index < -0.39 is 0 Å². The molecule has 0 saturated heterocycles. The first-order valence-corrected chi connectivity index (χ1v) is 7.68. The van der Waals surface area contributed by atoms with Gasteiger partial charge < -0.3 is 4.90 Å². The average Bonchev–Trinajstić information content (AvgIpc) is 2.99. The highest BCUT2D eigenvalue weighted by Gasteiger charge is 2.27. The van der Waals surface area contributed by atoms with Crippen LogP contribution in [0.5, 0.6) is 0 Å². The lowest BCUT2D eigenvalue weighted by Crippen LogP contribution is -2.37. The van der Waals surface area contributed by atoms with Crippen LogP contribution in [0.1, 0.15) is 55.3 Å². The second kappa shape index (κ2) is 5.78. The molecule has 2 aliphatic rings. The monoisotopic (exact) mass is 271 g/mol. The summed E-state index contributed by atoms with van der Waals surface area (Å²) in [6.45, 7) is 0.541. The maximum absolute atomic E-state index is 12.4. The molecule has 0 N–H and O–H groups in total. The van der Waals surface area contributed by atoms with Gasteiger partial charge in [-0.1, -0.05) is 37.8 Å². The number of anilines is 1. The topological polar surface area (TPSA) is 37.4 Å². The fourth-order valence-electron chi connectivity index (χ4n) is 3.43. The fraction of sp³-hybridized carbons (Fsp3) is 0.529. The number of carbonyl (C=O) groups excluding carboxylic acids is 2. The Kier molecular flexibility index (Phi) is 3.86. The van der Waals surface area contributed by atoms with Crippen molar-refractivity contribution in [1.29, 1.82) is 0 Å². The molecule has 0 atom stereocenters. The first-order chi connectivity index (χ1) is 9.75. The standard InChI is InChI=1S/C17H21NO2/c19-16-11-12-18(15-8-4-3-7-14(15)16)17(20)10-9-13-5-1-2-6-13/h3-4,7-8,13H,1-2,5-6,9-12H2. The molecule has 1 heterocycles.